The van der Waals surface area contributed by atoms with Crippen molar-refractivity contribution < 1.29 is 4.79 Å². The highest BCUT2D eigenvalue weighted by Crippen LogP contribution is 2.42. The van der Waals surface area contributed by atoms with Gasteiger partial charge in [-0.15, -0.1) is 0 Å². The van der Waals surface area contributed by atoms with Crippen molar-refractivity contribution in [2.24, 2.45) is 5.92 Å². The molecule has 1 saturated carbocycles. The maximum Gasteiger partial charge on any atom is 0.154 e. The van der Waals surface area contributed by atoms with Crippen molar-refractivity contribution in [1.82, 2.24) is 4.90 Å². The predicted molar refractivity (Wildman–Crippen MR) is 66.5 cm³/mol. The molecule has 2 fully saturated rings. The lowest BCUT2D eigenvalue weighted by molar-refractivity contribution is -0.127. The van der Waals surface area contributed by atoms with Gasteiger partial charge in [-0.3, -0.25) is 9.69 Å². The number of likely N-dealkylation sites (tertiary alicyclic amines) is 1. The summed E-state index contributed by atoms with van der Waals surface area (Å²) in [7, 11) is 0. The van der Waals surface area contributed by atoms with E-state index >= 15 is 0 Å². The molecule has 92 valence electrons. The fraction of sp³-hybridized carbons (Fsp3) is 0.929. The lowest BCUT2D eigenvalue weighted by atomic mass is 9.73. The van der Waals surface area contributed by atoms with Crippen molar-refractivity contribution in [2.45, 2.75) is 64.3 Å². The van der Waals surface area contributed by atoms with Gasteiger partial charge in [0.1, 0.15) is 0 Å². The fourth-order valence-corrected chi connectivity index (χ4v) is 3.77. The molecule has 0 radical (unpaired) electrons. The van der Waals surface area contributed by atoms with E-state index in [4.69, 9.17) is 0 Å². The van der Waals surface area contributed by atoms with Crippen molar-refractivity contribution >= 4 is 5.78 Å². The van der Waals surface area contributed by atoms with E-state index in [1.54, 1.807) is 0 Å². The number of carbonyl (C=O) groups is 1. The van der Waals surface area contributed by atoms with Crippen LogP contribution in [0.4, 0.5) is 0 Å². The molecule has 16 heavy (non-hydrogen) atoms. The van der Waals surface area contributed by atoms with Crippen molar-refractivity contribution in [3.05, 3.63) is 0 Å². The first-order valence-corrected chi connectivity index (χ1v) is 7.01. The van der Waals surface area contributed by atoms with Crippen molar-refractivity contribution in [3.8, 4) is 0 Å². The quantitative estimate of drug-likeness (QED) is 0.733. The molecule has 1 spiro atoms. The molecule has 0 unspecified atom stereocenters. The molecule has 0 bridgehead atoms. The zero-order valence-electron chi connectivity index (χ0n) is 10.8. The maximum atomic E-state index is 12.1. The Labute approximate surface area is 99.4 Å². The van der Waals surface area contributed by atoms with Crippen LogP contribution in [0.3, 0.4) is 0 Å². The number of likely N-dealkylation sites (N-methyl/N-ethyl adjacent to an activating group) is 1. The molecule has 2 aliphatic rings. The minimum Gasteiger partial charge on any atom is -0.298 e. The second-order valence-corrected chi connectivity index (χ2v) is 5.52. The van der Waals surface area contributed by atoms with Gasteiger partial charge < -0.3 is 0 Å². The molecule has 1 saturated heterocycles. The Hall–Kier alpha value is -0.370. The third-order valence-electron chi connectivity index (χ3n) is 4.74. The smallest absolute Gasteiger partial charge is 0.154 e. The number of carbonyl (C=O) groups excluding carboxylic acids is 1. The second kappa shape index (κ2) is 4.87. The van der Waals surface area contributed by atoms with E-state index in [-0.39, 0.29) is 5.54 Å². The van der Waals surface area contributed by atoms with Crippen LogP contribution in [0.5, 0.6) is 0 Å². The number of nitrogens with zero attached hydrogens (tertiary/aromatic N) is 1. The van der Waals surface area contributed by atoms with Gasteiger partial charge in [0.05, 0.1) is 5.54 Å². The van der Waals surface area contributed by atoms with Gasteiger partial charge >= 0.3 is 0 Å². The first-order valence-electron chi connectivity index (χ1n) is 7.01. The molecule has 1 heterocycles. The Bertz CT molecular complexity index is 253. The van der Waals surface area contributed by atoms with Gasteiger partial charge in [-0.2, -0.15) is 0 Å². The Morgan fingerprint density at radius 1 is 1.31 bits per heavy atom. The van der Waals surface area contributed by atoms with Crippen LogP contribution in [-0.2, 0) is 4.79 Å². The topological polar surface area (TPSA) is 20.3 Å². The van der Waals surface area contributed by atoms with Crippen LogP contribution in [0.25, 0.3) is 0 Å². The Balaban J connectivity index is 2.01. The van der Waals surface area contributed by atoms with E-state index in [1.165, 1.54) is 25.7 Å². The van der Waals surface area contributed by atoms with E-state index in [0.29, 0.717) is 5.78 Å². The minimum atomic E-state index is -0.0288. The standard InChI is InChI=1S/C14H25NO/c1-3-5-12-6-9-14(10-7-12)13(16)8-11-15(14)4-2/h12H,3-11H2,1-2H3. The first kappa shape index (κ1) is 12.1. The lowest BCUT2D eigenvalue weighted by Crippen LogP contribution is -2.50. The zero-order valence-corrected chi connectivity index (χ0v) is 10.8. The molecule has 0 amide bonds. The first-order chi connectivity index (χ1) is 7.73. The predicted octanol–water partition coefficient (Wildman–Crippen LogP) is 3.01. The van der Waals surface area contributed by atoms with Crippen LogP contribution >= 0.6 is 0 Å². The van der Waals surface area contributed by atoms with Crippen LogP contribution in [0.1, 0.15) is 58.8 Å². The number of hydrogen-bond acceptors (Lipinski definition) is 2. The molecule has 0 atom stereocenters. The molecule has 1 aliphatic heterocycles. The Kier molecular flexibility index (Phi) is 3.68. The van der Waals surface area contributed by atoms with E-state index in [0.717, 1.165) is 38.3 Å². The Morgan fingerprint density at radius 2 is 2.00 bits per heavy atom. The Morgan fingerprint density at radius 3 is 2.56 bits per heavy atom. The van der Waals surface area contributed by atoms with Crippen LogP contribution in [0, 0.1) is 5.92 Å². The SMILES string of the molecule is CCCC1CCC2(CC1)C(=O)CCN2CC. The summed E-state index contributed by atoms with van der Waals surface area (Å²) in [4.78, 5) is 14.6. The van der Waals surface area contributed by atoms with E-state index in [2.05, 4.69) is 18.7 Å². The monoisotopic (exact) mass is 223 g/mol. The summed E-state index contributed by atoms with van der Waals surface area (Å²) in [5.74, 6) is 1.42. The molecular formula is C14H25NO. The van der Waals surface area contributed by atoms with Gasteiger partial charge in [-0.05, 0) is 38.1 Å². The zero-order chi connectivity index (χ0) is 11.6. The van der Waals surface area contributed by atoms with Crippen molar-refractivity contribution in [2.75, 3.05) is 13.1 Å². The molecule has 0 aromatic rings. The largest absolute Gasteiger partial charge is 0.298 e. The molecule has 0 aromatic heterocycles. The van der Waals surface area contributed by atoms with E-state index < -0.39 is 0 Å². The van der Waals surface area contributed by atoms with E-state index in [9.17, 15) is 4.79 Å². The van der Waals surface area contributed by atoms with Gasteiger partial charge in [-0.25, -0.2) is 0 Å². The normalized spacial score (nSPS) is 36.1. The average molecular weight is 223 g/mol. The highest BCUT2D eigenvalue weighted by Gasteiger charge is 2.48. The molecular weight excluding hydrogens is 198 g/mol. The molecule has 0 N–H and O–H groups in total. The summed E-state index contributed by atoms with van der Waals surface area (Å²) < 4.78 is 0. The number of hydrogen-bond donors (Lipinski definition) is 0. The fourth-order valence-electron chi connectivity index (χ4n) is 3.77. The third-order valence-corrected chi connectivity index (χ3v) is 4.74. The number of Topliss-reactive ketones (excluding diaryl/α,β-unsaturated/α-hetero) is 1. The lowest BCUT2D eigenvalue weighted by Gasteiger charge is -2.42. The van der Waals surface area contributed by atoms with Crippen LogP contribution in [-0.4, -0.2) is 29.3 Å². The van der Waals surface area contributed by atoms with E-state index in [1.807, 2.05) is 0 Å². The average Bonchev–Trinajstić information content (AvgIpc) is 2.60. The van der Waals surface area contributed by atoms with Gasteiger partial charge in [0.2, 0.25) is 0 Å². The summed E-state index contributed by atoms with van der Waals surface area (Å²) >= 11 is 0. The summed E-state index contributed by atoms with van der Waals surface area (Å²) in [6, 6.07) is 0. The van der Waals surface area contributed by atoms with Crippen LogP contribution < -0.4 is 0 Å². The highest BCUT2D eigenvalue weighted by molar-refractivity contribution is 5.90. The van der Waals surface area contributed by atoms with Crippen molar-refractivity contribution in [1.29, 1.82) is 0 Å². The van der Waals surface area contributed by atoms with Crippen molar-refractivity contribution in [3.63, 3.8) is 0 Å². The van der Waals surface area contributed by atoms with Gasteiger partial charge in [-0.1, -0.05) is 26.7 Å². The second-order valence-electron chi connectivity index (χ2n) is 5.52. The van der Waals surface area contributed by atoms with Gasteiger partial charge in [0.25, 0.3) is 0 Å². The molecule has 2 heteroatoms. The molecule has 0 aromatic carbocycles. The van der Waals surface area contributed by atoms with Gasteiger partial charge in [0.15, 0.2) is 5.78 Å². The molecule has 2 rings (SSSR count). The highest BCUT2D eigenvalue weighted by atomic mass is 16.1. The number of ketones is 1. The molecule has 2 nitrogen and oxygen atoms in total. The van der Waals surface area contributed by atoms with Gasteiger partial charge in [0, 0.05) is 13.0 Å². The third kappa shape index (κ3) is 1.92. The number of rotatable bonds is 3. The maximum absolute atomic E-state index is 12.1. The minimum absolute atomic E-state index is 0.0288. The van der Waals surface area contributed by atoms with Crippen LogP contribution in [0.2, 0.25) is 0 Å². The summed E-state index contributed by atoms with van der Waals surface area (Å²) in [6.45, 7) is 6.51. The summed E-state index contributed by atoms with van der Waals surface area (Å²) in [5, 5.41) is 0. The molecule has 1 aliphatic carbocycles. The van der Waals surface area contributed by atoms with Crippen LogP contribution in [0.15, 0.2) is 0 Å². The summed E-state index contributed by atoms with van der Waals surface area (Å²) in [5.41, 5.74) is -0.0288. The summed E-state index contributed by atoms with van der Waals surface area (Å²) in [6.07, 6.45) is 8.26.